The van der Waals surface area contributed by atoms with Gasteiger partial charge in [-0.25, -0.2) is 0 Å². The van der Waals surface area contributed by atoms with Gasteiger partial charge in [0, 0.05) is 20.1 Å². The Balaban J connectivity index is 2.12. The Morgan fingerprint density at radius 2 is 1.37 bits per heavy atom. The third kappa shape index (κ3) is 11.0. The summed E-state index contributed by atoms with van der Waals surface area (Å²) in [5.41, 5.74) is 0. The van der Waals surface area contributed by atoms with Crippen molar-refractivity contribution in [2.75, 3.05) is 19.8 Å². The first-order valence-corrected chi connectivity index (χ1v) is 11.6. The van der Waals surface area contributed by atoms with E-state index in [9.17, 15) is 20.1 Å². The van der Waals surface area contributed by atoms with E-state index < -0.39 is 37.3 Å². The van der Waals surface area contributed by atoms with Gasteiger partial charge in [-0.3, -0.25) is 4.79 Å². The molecule has 1 amide bonds. The van der Waals surface area contributed by atoms with Crippen LogP contribution in [0.3, 0.4) is 0 Å². The SMILES string of the molecule is CC(=O)N[C@H]1C(O)O[C@H](CO)[C@@H](O)[C@@H]1OCCCCCCCCCCCCCCO. The predicted molar refractivity (Wildman–Crippen MR) is 114 cm³/mol. The van der Waals surface area contributed by atoms with Crippen LogP contribution in [0, 0.1) is 0 Å². The molecule has 30 heavy (non-hydrogen) atoms. The lowest BCUT2D eigenvalue weighted by molar-refractivity contribution is -0.262. The van der Waals surface area contributed by atoms with Gasteiger partial charge in [0.1, 0.15) is 24.4 Å². The summed E-state index contributed by atoms with van der Waals surface area (Å²) in [5.74, 6) is -0.351. The van der Waals surface area contributed by atoms with E-state index in [1.165, 1.54) is 51.9 Å². The molecule has 1 aliphatic rings. The second kappa shape index (κ2) is 16.9. The molecule has 0 aromatic carbocycles. The minimum Gasteiger partial charge on any atom is -0.396 e. The molecule has 1 saturated heterocycles. The number of carbonyl (C=O) groups excluding carboxylic acids is 1. The fourth-order valence-corrected chi connectivity index (χ4v) is 3.87. The fourth-order valence-electron chi connectivity index (χ4n) is 3.87. The van der Waals surface area contributed by atoms with Crippen molar-refractivity contribution in [2.24, 2.45) is 0 Å². The number of unbranched alkanes of at least 4 members (excludes halogenated alkanes) is 11. The molecule has 0 saturated carbocycles. The Kier molecular flexibility index (Phi) is 15.3. The van der Waals surface area contributed by atoms with Crippen LogP contribution in [-0.2, 0) is 14.3 Å². The molecule has 1 rings (SSSR count). The molecule has 1 heterocycles. The lowest BCUT2D eigenvalue weighted by Crippen LogP contribution is -2.64. The highest BCUT2D eigenvalue weighted by atomic mass is 16.6. The molecule has 0 aromatic rings. The molecule has 0 bridgehead atoms. The van der Waals surface area contributed by atoms with Crippen LogP contribution < -0.4 is 5.32 Å². The largest absolute Gasteiger partial charge is 0.396 e. The van der Waals surface area contributed by atoms with Crippen LogP contribution in [0.15, 0.2) is 0 Å². The second-order valence-electron chi connectivity index (χ2n) is 8.27. The second-order valence-corrected chi connectivity index (χ2v) is 8.27. The van der Waals surface area contributed by atoms with Gasteiger partial charge in [0.05, 0.1) is 6.61 Å². The van der Waals surface area contributed by atoms with Gasteiger partial charge in [-0.2, -0.15) is 0 Å². The highest BCUT2D eigenvalue weighted by Crippen LogP contribution is 2.23. The molecule has 0 spiro atoms. The quantitative estimate of drug-likeness (QED) is 0.221. The van der Waals surface area contributed by atoms with Crippen molar-refractivity contribution in [3.05, 3.63) is 0 Å². The molecule has 0 aromatic heterocycles. The zero-order chi connectivity index (χ0) is 22.2. The number of hydrogen-bond donors (Lipinski definition) is 5. The summed E-state index contributed by atoms with van der Waals surface area (Å²) < 4.78 is 10.9. The first-order valence-electron chi connectivity index (χ1n) is 11.6. The van der Waals surface area contributed by atoms with Crippen LogP contribution in [0.5, 0.6) is 0 Å². The van der Waals surface area contributed by atoms with E-state index in [-0.39, 0.29) is 5.91 Å². The van der Waals surface area contributed by atoms with E-state index in [4.69, 9.17) is 14.6 Å². The highest BCUT2D eigenvalue weighted by Gasteiger charge is 2.45. The number of aliphatic hydroxyl groups is 4. The summed E-state index contributed by atoms with van der Waals surface area (Å²) in [5, 5.41) is 41.0. The van der Waals surface area contributed by atoms with Gasteiger partial charge < -0.3 is 35.2 Å². The number of aliphatic hydroxyl groups excluding tert-OH is 4. The molecule has 5 N–H and O–H groups in total. The maximum atomic E-state index is 11.4. The zero-order valence-corrected chi connectivity index (χ0v) is 18.5. The van der Waals surface area contributed by atoms with Crippen LogP contribution >= 0.6 is 0 Å². The minimum atomic E-state index is -1.34. The summed E-state index contributed by atoms with van der Waals surface area (Å²) in [7, 11) is 0. The molecule has 1 fully saturated rings. The molecule has 8 heteroatoms. The summed E-state index contributed by atoms with van der Waals surface area (Å²) in [6, 6.07) is -0.871. The normalized spacial score (nSPS) is 26.6. The van der Waals surface area contributed by atoms with Gasteiger partial charge in [0.15, 0.2) is 6.29 Å². The Morgan fingerprint density at radius 3 is 1.83 bits per heavy atom. The molecular formula is C22H43NO7. The molecular weight excluding hydrogens is 390 g/mol. The van der Waals surface area contributed by atoms with Crippen molar-refractivity contribution in [1.82, 2.24) is 5.32 Å². The minimum absolute atomic E-state index is 0.307. The van der Waals surface area contributed by atoms with E-state index in [2.05, 4.69) is 5.32 Å². The topological polar surface area (TPSA) is 128 Å². The smallest absolute Gasteiger partial charge is 0.217 e. The number of rotatable bonds is 17. The molecule has 5 atom stereocenters. The maximum Gasteiger partial charge on any atom is 0.217 e. The van der Waals surface area contributed by atoms with Crippen LogP contribution in [0.4, 0.5) is 0 Å². The van der Waals surface area contributed by atoms with E-state index in [1.54, 1.807) is 0 Å². The fraction of sp³-hybridized carbons (Fsp3) is 0.955. The van der Waals surface area contributed by atoms with E-state index in [1.807, 2.05) is 0 Å². The number of hydrogen-bond acceptors (Lipinski definition) is 7. The first kappa shape index (κ1) is 27.3. The van der Waals surface area contributed by atoms with Crippen LogP contribution in [0.25, 0.3) is 0 Å². The molecule has 1 aliphatic heterocycles. The van der Waals surface area contributed by atoms with E-state index in [0.29, 0.717) is 13.2 Å². The van der Waals surface area contributed by atoms with E-state index in [0.717, 1.165) is 32.1 Å². The lowest BCUT2D eigenvalue weighted by atomic mass is 9.96. The van der Waals surface area contributed by atoms with E-state index >= 15 is 0 Å². The van der Waals surface area contributed by atoms with Crippen molar-refractivity contribution in [2.45, 2.75) is 115 Å². The van der Waals surface area contributed by atoms with Crippen molar-refractivity contribution in [3.63, 3.8) is 0 Å². The number of carbonyl (C=O) groups is 1. The van der Waals surface area contributed by atoms with Gasteiger partial charge >= 0.3 is 0 Å². The van der Waals surface area contributed by atoms with Crippen molar-refractivity contribution in [3.8, 4) is 0 Å². The van der Waals surface area contributed by atoms with Crippen LogP contribution in [0.2, 0.25) is 0 Å². The lowest BCUT2D eigenvalue weighted by Gasteiger charge is -2.42. The zero-order valence-electron chi connectivity index (χ0n) is 18.5. The van der Waals surface area contributed by atoms with Gasteiger partial charge in [0.25, 0.3) is 0 Å². The number of nitrogens with one attached hydrogen (secondary N) is 1. The van der Waals surface area contributed by atoms with Gasteiger partial charge in [-0.1, -0.05) is 64.2 Å². The summed E-state index contributed by atoms with van der Waals surface area (Å²) in [6.45, 7) is 1.61. The summed E-state index contributed by atoms with van der Waals surface area (Å²) >= 11 is 0. The maximum absolute atomic E-state index is 11.4. The Bertz CT molecular complexity index is 438. The van der Waals surface area contributed by atoms with Crippen LogP contribution in [-0.4, -0.2) is 76.8 Å². The Morgan fingerprint density at radius 1 is 0.867 bits per heavy atom. The predicted octanol–water partition coefficient (Wildman–Crippen LogP) is 1.62. The molecule has 0 radical (unpaired) electrons. The third-order valence-electron chi connectivity index (χ3n) is 5.61. The summed E-state index contributed by atoms with van der Waals surface area (Å²) in [6.07, 6.45) is 9.57. The first-order chi connectivity index (χ1) is 14.5. The molecule has 8 nitrogen and oxygen atoms in total. The monoisotopic (exact) mass is 433 g/mol. The van der Waals surface area contributed by atoms with Crippen LogP contribution in [0.1, 0.15) is 84.0 Å². The molecule has 1 unspecified atom stereocenters. The van der Waals surface area contributed by atoms with Gasteiger partial charge in [-0.15, -0.1) is 0 Å². The summed E-state index contributed by atoms with van der Waals surface area (Å²) in [4.78, 5) is 11.4. The van der Waals surface area contributed by atoms with Gasteiger partial charge in [-0.05, 0) is 12.8 Å². The average molecular weight is 434 g/mol. The number of ether oxygens (including phenoxy) is 2. The Labute approximate surface area is 181 Å². The van der Waals surface area contributed by atoms with Gasteiger partial charge in [0.2, 0.25) is 5.91 Å². The number of amides is 1. The van der Waals surface area contributed by atoms with Crippen molar-refractivity contribution < 1.29 is 34.7 Å². The molecule has 0 aliphatic carbocycles. The average Bonchev–Trinajstić information content (AvgIpc) is 2.72. The Hall–Kier alpha value is -0.770. The molecule has 178 valence electrons. The standard InChI is InChI=1S/C22H43NO7/c1-17(26)23-19-21(20(27)18(16-25)30-22(19)28)29-15-13-11-9-7-5-3-2-4-6-8-10-12-14-24/h18-22,24-25,27-28H,2-16H2,1H3,(H,23,26)/t18-,19-,20-,21-,22?/m1/s1. The van der Waals surface area contributed by atoms with Crippen molar-refractivity contribution >= 4 is 5.91 Å². The highest BCUT2D eigenvalue weighted by molar-refractivity contribution is 5.73. The van der Waals surface area contributed by atoms with Crippen molar-refractivity contribution in [1.29, 1.82) is 0 Å². The third-order valence-corrected chi connectivity index (χ3v) is 5.61.